The van der Waals surface area contributed by atoms with Crippen molar-refractivity contribution in [2.24, 2.45) is 0 Å². The second-order valence-electron chi connectivity index (χ2n) is 5.54. The fourth-order valence-electron chi connectivity index (χ4n) is 2.45. The average Bonchev–Trinajstić information content (AvgIpc) is 2.41. The van der Waals surface area contributed by atoms with Gasteiger partial charge in [-0.2, -0.15) is 0 Å². The van der Waals surface area contributed by atoms with Gasteiger partial charge in [-0.3, -0.25) is 0 Å². The van der Waals surface area contributed by atoms with Crippen LogP contribution in [0.1, 0.15) is 25.0 Å². The van der Waals surface area contributed by atoms with Crippen molar-refractivity contribution in [3.8, 4) is 0 Å². The monoisotopic (exact) mass is 277 g/mol. The molecule has 0 aliphatic heterocycles. The predicted octanol–water partition coefficient (Wildman–Crippen LogP) is 2.67. The van der Waals surface area contributed by atoms with Crippen LogP contribution >= 0.6 is 0 Å². The van der Waals surface area contributed by atoms with Crippen LogP contribution in [0.2, 0.25) is 0 Å². The third-order valence-electron chi connectivity index (χ3n) is 3.77. The molecule has 0 fully saturated rings. The van der Waals surface area contributed by atoms with Crippen LogP contribution in [0, 0.1) is 13.8 Å². The number of benzene rings is 1. The molecule has 0 unspecified atom stereocenters. The Kier molecular flexibility index (Phi) is 7.63. The Bertz CT molecular complexity index is 366. The Hall–Kier alpha value is -1.06. The first-order valence-electron chi connectivity index (χ1n) is 7.79. The van der Waals surface area contributed by atoms with Crippen molar-refractivity contribution < 1.29 is 0 Å². The minimum absolute atomic E-state index is 1.03. The Morgan fingerprint density at radius 2 is 1.45 bits per heavy atom. The first-order valence-corrected chi connectivity index (χ1v) is 7.79. The van der Waals surface area contributed by atoms with E-state index in [0.717, 1.165) is 39.3 Å². The zero-order valence-electron chi connectivity index (χ0n) is 13.9. The van der Waals surface area contributed by atoms with Gasteiger partial charge in [-0.25, -0.2) is 0 Å². The van der Waals surface area contributed by atoms with Crippen LogP contribution in [0.25, 0.3) is 0 Å². The molecule has 0 saturated carbocycles. The highest BCUT2D eigenvalue weighted by Gasteiger charge is 2.02. The van der Waals surface area contributed by atoms with E-state index in [1.165, 1.54) is 16.8 Å². The summed E-state index contributed by atoms with van der Waals surface area (Å²) in [5.41, 5.74) is 3.98. The van der Waals surface area contributed by atoms with E-state index in [1.807, 2.05) is 0 Å². The molecule has 0 saturated heterocycles. The molecule has 3 heteroatoms. The average molecular weight is 277 g/mol. The van der Waals surface area contributed by atoms with Gasteiger partial charge in [-0.05, 0) is 50.2 Å². The van der Waals surface area contributed by atoms with Crippen LogP contribution in [-0.2, 0) is 0 Å². The number of nitrogens with one attached hydrogen (secondary N) is 1. The number of aryl methyl sites for hydroxylation is 2. The Morgan fingerprint density at radius 3 is 2.00 bits per heavy atom. The smallest absolute Gasteiger partial charge is 0.0369 e. The SMILES string of the molecule is CCN(CC)CCNCCN(C)c1cc(C)cc(C)c1. The van der Waals surface area contributed by atoms with Gasteiger partial charge in [-0.1, -0.05) is 19.9 Å². The topological polar surface area (TPSA) is 18.5 Å². The number of hydrogen-bond acceptors (Lipinski definition) is 3. The maximum Gasteiger partial charge on any atom is 0.0369 e. The summed E-state index contributed by atoms with van der Waals surface area (Å²) in [4.78, 5) is 4.77. The van der Waals surface area contributed by atoms with Gasteiger partial charge in [0.25, 0.3) is 0 Å². The lowest BCUT2D eigenvalue weighted by atomic mass is 10.1. The summed E-state index contributed by atoms with van der Waals surface area (Å²) in [5.74, 6) is 0. The molecule has 20 heavy (non-hydrogen) atoms. The largest absolute Gasteiger partial charge is 0.373 e. The second-order valence-corrected chi connectivity index (χ2v) is 5.54. The molecule has 1 aromatic carbocycles. The fourth-order valence-corrected chi connectivity index (χ4v) is 2.45. The molecule has 0 atom stereocenters. The van der Waals surface area contributed by atoms with Gasteiger partial charge in [0.2, 0.25) is 0 Å². The van der Waals surface area contributed by atoms with Crippen LogP contribution in [-0.4, -0.2) is 51.2 Å². The van der Waals surface area contributed by atoms with Crippen molar-refractivity contribution in [1.29, 1.82) is 0 Å². The normalized spacial score (nSPS) is 11.1. The minimum atomic E-state index is 1.03. The first kappa shape index (κ1) is 17.0. The number of rotatable bonds is 9. The number of nitrogens with zero attached hydrogens (tertiary/aromatic N) is 2. The quantitative estimate of drug-likeness (QED) is 0.700. The van der Waals surface area contributed by atoms with E-state index in [4.69, 9.17) is 0 Å². The van der Waals surface area contributed by atoms with E-state index in [0.29, 0.717) is 0 Å². The van der Waals surface area contributed by atoms with Crippen LogP contribution in [0.5, 0.6) is 0 Å². The van der Waals surface area contributed by atoms with E-state index < -0.39 is 0 Å². The summed E-state index contributed by atoms with van der Waals surface area (Å²) >= 11 is 0. The van der Waals surface area contributed by atoms with E-state index in [9.17, 15) is 0 Å². The summed E-state index contributed by atoms with van der Waals surface area (Å²) in [5, 5.41) is 3.53. The molecule has 0 heterocycles. The highest BCUT2D eigenvalue weighted by Crippen LogP contribution is 2.16. The number of anilines is 1. The molecule has 1 aromatic rings. The zero-order valence-corrected chi connectivity index (χ0v) is 13.9. The van der Waals surface area contributed by atoms with E-state index in [2.05, 4.69) is 68.1 Å². The fraction of sp³-hybridized carbons (Fsp3) is 0.647. The molecule has 0 aromatic heterocycles. The van der Waals surface area contributed by atoms with Gasteiger partial charge in [0.1, 0.15) is 0 Å². The maximum atomic E-state index is 3.53. The summed E-state index contributed by atoms with van der Waals surface area (Å²) in [7, 11) is 2.17. The minimum Gasteiger partial charge on any atom is -0.373 e. The molecular weight excluding hydrogens is 246 g/mol. The molecular formula is C17H31N3. The number of likely N-dealkylation sites (N-methyl/N-ethyl adjacent to an activating group) is 2. The molecule has 0 radical (unpaired) electrons. The molecule has 0 spiro atoms. The summed E-state index contributed by atoms with van der Waals surface area (Å²) in [6.07, 6.45) is 0. The lowest BCUT2D eigenvalue weighted by Gasteiger charge is -2.22. The van der Waals surface area contributed by atoms with Gasteiger partial charge >= 0.3 is 0 Å². The van der Waals surface area contributed by atoms with Crippen LogP contribution in [0.15, 0.2) is 18.2 Å². The molecule has 1 N–H and O–H groups in total. The summed E-state index contributed by atoms with van der Waals surface area (Å²) in [6.45, 7) is 15.3. The third kappa shape index (κ3) is 5.93. The van der Waals surface area contributed by atoms with E-state index >= 15 is 0 Å². The van der Waals surface area contributed by atoms with Gasteiger partial charge in [0, 0.05) is 38.9 Å². The van der Waals surface area contributed by atoms with Crippen molar-refractivity contribution >= 4 is 5.69 Å². The molecule has 1 rings (SSSR count). The Labute approximate surface area is 125 Å². The number of hydrogen-bond donors (Lipinski definition) is 1. The van der Waals surface area contributed by atoms with Crippen molar-refractivity contribution in [3.63, 3.8) is 0 Å². The first-order chi connectivity index (χ1) is 9.56. The lowest BCUT2D eigenvalue weighted by Crippen LogP contribution is -2.35. The van der Waals surface area contributed by atoms with E-state index in [1.54, 1.807) is 0 Å². The van der Waals surface area contributed by atoms with Crippen molar-refractivity contribution in [3.05, 3.63) is 29.3 Å². The Morgan fingerprint density at radius 1 is 0.900 bits per heavy atom. The highest BCUT2D eigenvalue weighted by molar-refractivity contribution is 5.50. The highest BCUT2D eigenvalue weighted by atomic mass is 15.1. The lowest BCUT2D eigenvalue weighted by molar-refractivity contribution is 0.303. The van der Waals surface area contributed by atoms with Gasteiger partial charge in [0.15, 0.2) is 0 Å². The summed E-state index contributed by atoms with van der Waals surface area (Å²) in [6, 6.07) is 6.73. The molecule has 0 aliphatic rings. The third-order valence-corrected chi connectivity index (χ3v) is 3.77. The molecule has 114 valence electrons. The molecule has 0 amide bonds. The van der Waals surface area contributed by atoms with Gasteiger partial charge in [-0.15, -0.1) is 0 Å². The Balaban J connectivity index is 2.27. The predicted molar refractivity (Wildman–Crippen MR) is 89.8 cm³/mol. The zero-order chi connectivity index (χ0) is 15.0. The molecule has 3 nitrogen and oxygen atoms in total. The van der Waals surface area contributed by atoms with Crippen LogP contribution in [0.4, 0.5) is 5.69 Å². The summed E-state index contributed by atoms with van der Waals surface area (Å²) < 4.78 is 0. The van der Waals surface area contributed by atoms with Gasteiger partial charge < -0.3 is 15.1 Å². The molecule has 0 bridgehead atoms. The maximum absolute atomic E-state index is 3.53. The molecule has 0 aliphatic carbocycles. The van der Waals surface area contributed by atoms with Crippen molar-refractivity contribution in [2.45, 2.75) is 27.7 Å². The van der Waals surface area contributed by atoms with Gasteiger partial charge in [0.05, 0.1) is 0 Å². The van der Waals surface area contributed by atoms with Crippen LogP contribution < -0.4 is 10.2 Å². The van der Waals surface area contributed by atoms with Crippen molar-refractivity contribution in [1.82, 2.24) is 10.2 Å². The second kappa shape index (κ2) is 8.98. The standard InChI is InChI=1S/C17H31N3/c1-6-20(7-2)11-9-18-8-10-19(5)17-13-15(3)12-16(4)14-17/h12-14,18H,6-11H2,1-5H3. The van der Waals surface area contributed by atoms with Crippen molar-refractivity contribution in [2.75, 3.05) is 51.2 Å². The van der Waals surface area contributed by atoms with E-state index in [-0.39, 0.29) is 0 Å². The van der Waals surface area contributed by atoms with Crippen LogP contribution in [0.3, 0.4) is 0 Å².